The van der Waals surface area contributed by atoms with Gasteiger partial charge in [-0.05, 0) is 120 Å². The van der Waals surface area contributed by atoms with E-state index in [1.165, 1.54) is 54.8 Å². The highest BCUT2D eigenvalue weighted by molar-refractivity contribution is 9.09. The average molecular weight is 878 g/mol. The minimum Gasteiger partial charge on any atom is -0.103 e. The molecule has 0 aliphatic carbocycles. The minimum absolute atomic E-state index is 0.767. The zero-order valence-electron chi connectivity index (χ0n) is 38.7. The van der Waals surface area contributed by atoms with Crippen LogP contribution in [0.2, 0.25) is 6.04 Å². The first-order valence-corrected chi connectivity index (χ1v) is 26.3. The summed E-state index contributed by atoms with van der Waals surface area (Å²) in [5.41, 5.74) is 0. The van der Waals surface area contributed by atoms with Crippen LogP contribution in [0.25, 0.3) is 0 Å². The average Bonchev–Trinajstić information content (AvgIpc) is 3.24. The van der Waals surface area contributed by atoms with Crippen molar-refractivity contribution >= 4 is 26.2 Å². The van der Waals surface area contributed by atoms with Gasteiger partial charge in [-0.1, -0.05) is 123 Å². The van der Waals surface area contributed by atoms with Crippen LogP contribution < -0.4 is 0 Å². The lowest BCUT2D eigenvalue weighted by Gasteiger charge is -2.16. The normalized spacial score (nSPS) is 13.4. The SMILES string of the molecule is CC(C[SiH3])C(C)C/C=C\CCC#CCCC#CCCC#CCCC#CCCC/C=C\CCC/C=C\CC/C=C\CCC#CCC/C=C\CC/C=C\CC(C)C(C)CCBr. The molecule has 0 nitrogen and oxygen atoms in total. The fourth-order valence-electron chi connectivity index (χ4n) is 5.90. The number of hydrogen-bond donors (Lipinski definition) is 0. The lowest BCUT2D eigenvalue weighted by Crippen LogP contribution is -2.07. The van der Waals surface area contributed by atoms with Gasteiger partial charge in [-0.15, -0.1) is 59.2 Å². The van der Waals surface area contributed by atoms with E-state index in [1.54, 1.807) is 0 Å². The number of rotatable bonds is 31. The molecular formula is C57H85BrSi. The second-order valence-corrected chi connectivity index (χ2v) is 17.6. The van der Waals surface area contributed by atoms with Crippen LogP contribution >= 0.6 is 15.9 Å². The molecule has 59 heavy (non-hydrogen) atoms. The first-order chi connectivity index (χ1) is 29.0. The topological polar surface area (TPSA) is 0 Å². The quantitative estimate of drug-likeness (QED) is 0.0214. The summed E-state index contributed by atoms with van der Waals surface area (Å²) >= 11 is 3.56. The van der Waals surface area contributed by atoms with Crippen LogP contribution in [0.3, 0.4) is 0 Å². The van der Waals surface area contributed by atoms with Gasteiger partial charge in [-0.3, -0.25) is 0 Å². The van der Waals surface area contributed by atoms with E-state index >= 15 is 0 Å². The Morgan fingerprint density at radius 1 is 0.339 bits per heavy atom. The summed E-state index contributed by atoms with van der Waals surface area (Å²) in [6.07, 6.45) is 54.2. The first-order valence-electron chi connectivity index (χ1n) is 23.8. The molecule has 0 aliphatic rings. The lowest BCUT2D eigenvalue weighted by molar-refractivity contribution is 0.383. The van der Waals surface area contributed by atoms with Gasteiger partial charge in [0.15, 0.2) is 0 Å². The Bertz CT molecular complexity index is 1480. The van der Waals surface area contributed by atoms with Crippen molar-refractivity contribution in [2.75, 3.05) is 5.33 Å². The van der Waals surface area contributed by atoms with Crippen LogP contribution in [-0.2, 0) is 0 Å². The van der Waals surface area contributed by atoms with E-state index in [1.807, 2.05) is 0 Å². The molecule has 0 saturated carbocycles. The number of allylic oxidation sites excluding steroid dienone is 12. The lowest BCUT2D eigenvalue weighted by atomic mass is 9.91. The monoisotopic (exact) mass is 877 g/mol. The molecule has 324 valence electrons. The van der Waals surface area contributed by atoms with Crippen molar-refractivity contribution in [1.29, 1.82) is 0 Å². The Hall–Kier alpha value is -3.06. The van der Waals surface area contributed by atoms with Gasteiger partial charge in [0.2, 0.25) is 0 Å². The summed E-state index contributed by atoms with van der Waals surface area (Å²) in [4.78, 5) is 0. The summed E-state index contributed by atoms with van der Waals surface area (Å²) < 4.78 is 0. The molecule has 0 aromatic carbocycles. The molecule has 2 heteroatoms. The Labute approximate surface area is 379 Å². The van der Waals surface area contributed by atoms with Crippen molar-refractivity contribution in [3.63, 3.8) is 0 Å². The smallest absolute Gasteiger partial charge is 0.0198 e. The molecule has 0 fully saturated rings. The maximum atomic E-state index is 3.56. The summed E-state index contributed by atoms with van der Waals surface area (Å²) in [5, 5.41) is 1.11. The first kappa shape index (κ1) is 55.9. The molecule has 0 radical (unpaired) electrons. The van der Waals surface area contributed by atoms with Crippen LogP contribution in [0, 0.1) is 82.9 Å². The van der Waals surface area contributed by atoms with Gasteiger partial charge in [-0.25, -0.2) is 0 Å². The highest BCUT2D eigenvalue weighted by Crippen LogP contribution is 2.20. The molecule has 4 unspecified atom stereocenters. The van der Waals surface area contributed by atoms with Gasteiger partial charge in [0, 0.05) is 79.8 Å². The van der Waals surface area contributed by atoms with E-state index in [4.69, 9.17) is 0 Å². The second kappa shape index (κ2) is 47.6. The van der Waals surface area contributed by atoms with E-state index in [0.717, 1.165) is 151 Å². The molecule has 0 rings (SSSR count). The van der Waals surface area contributed by atoms with Crippen LogP contribution in [0.4, 0.5) is 0 Å². The van der Waals surface area contributed by atoms with Gasteiger partial charge in [0.05, 0.1) is 0 Å². The number of hydrogen-bond acceptors (Lipinski definition) is 0. The Kier molecular flexibility index (Phi) is 45.1. The predicted molar refractivity (Wildman–Crippen MR) is 274 cm³/mol. The van der Waals surface area contributed by atoms with E-state index in [0.29, 0.717) is 0 Å². The van der Waals surface area contributed by atoms with Gasteiger partial charge >= 0.3 is 0 Å². The zero-order valence-corrected chi connectivity index (χ0v) is 42.3. The Morgan fingerprint density at radius 3 is 1.05 bits per heavy atom. The highest BCUT2D eigenvalue weighted by atomic mass is 79.9. The fourth-order valence-corrected chi connectivity index (χ4v) is 7.42. The van der Waals surface area contributed by atoms with Crippen molar-refractivity contribution in [3.05, 3.63) is 72.9 Å². The molecule has 0 aromatic rings. The molecule has 0 spiro atoms. The van der Waals surface area contributed by atoms with Crippen molar-refractivity contribution in [2.45, 2.75) is 194 Å². The standard InChI is InChI=1S/C57H85BrSi/c1-54(56(3)51-52-58)49-47-45-43-41-39-37-35-33-31-29-27-25-23-21-19-17-15-13-11-9-7-5-6-8-10-12-14-16-18-20-22-24-26-28-30-32-34-36-38-40-42-44-46-48-50-55(2)57(4)53-59/h5-6,13,15,21,23,37,39,45-48,54-57H,7-12,17-20,25-28,33-36,41-44,49-53H2,1-4,59H3/b6-5-,15-13-,23-21-,39-37-,47-45-,48-46-. The van der Waals surface area contributed by atoms with Crippen molar-refractivity contribution in [3.8, 4) is 59.2 Å². The fraction of sp³-hybridized carbons (Fsp3) is 0.614. The molecule has 0 bridgehead atoms. The third-order valence-corrected chi connectivity index (χ3v) is 12.4. The predicted octanol–water partition coefficient (Wildman–Crippen LogP) is 15.8. The summed E-state index contributed by atoms with van der Waals surface area (Å²) in [5.74, 6) is 36.0. The van der Waals surface area contributed by atoms with Gasteiger partial charge < -0.3 is 0 Å². The zero-order chi connectivity index (χ0) is 43.0. The van der Waals surface area contributed by atoms with Crippen molar-refractivity contribution in [2.24, 2.45) is 23.7 Å². The number of unbranched alkanes of at least 4 members (excludes halogenated alkanes) is 12. The van der Waals surface area contributed by atoms with E-state index in [2.05, 4.69) is 176 Å². The molecule has 0 N–H and O–H groups in total. The third kappa shape index (κ3) is 44.3. The molecule has 0 amide bonds. The van der Waals surface area contributed by atoms with E-state index in [-0.39, 0.29) is 0 Å². The van der Waals surface area contributed by atoms with Gasteiger partial charge in [-0.2, -0.15) is 0 Å². The minimum atomic E-state index is 0.767. The van der Waals surface area contributed by atoms with Crippen LogP contribution in [0.1, 0.15) is 188 Å². The largest absolute Gasteiger partial charge is 0.103 e. The third-order valence-electron chi connectivity index (χ3n) is 10.6. The summed E-state index contributed by atoms with van der Waals surface area (Å²) in [7, 11) is 1.31. The van der Waals surface area contributed by atoms with Gasteiger partial charge in [0.25, 0.3) is 0 Å². The van der Waals surface area contributed by atoms with Crippen molar-refractivity contribution in [1.82, 2.24) is 0 Å². The van der Waals surface area contributed by atoms with Crippen molar-refractivity contribution < 1.29 is 0 Å². The molecule has 0 aromatic heterocycles. The van der Waals surface area contributed by atoms with E-state index < -0.39 is 0 Å². The van der Waals surface area contributed by atoms with Gasteiger partial charge in [0.1, 0.15) is 0 Å². The molecule has 0 saturated heterocycles. The number of halogens is 1. The number of alkyl halides is 1. The summed E-state index contributed by atoms with van der Waals surface area (Å²) in [6, 6.07) is 1.40. The highest BCUT2D eigenvalue weighted by Gasteiger charge is 2.09. The molecular weight excluding hydrogens is 793 g/mol. The van der Waals surface area contributed by atoms with E-state index in [9.17, 15) is 0 Å². The van der Waals surface area contributed by atoms with Crippen LogP contribution in [0.15, 0.2) is 72.9 Å². The summed E-state index contributed by atoms with van der Waals surface area (Å²) in [6.45, 7) is 9.48. The van der Waals surface area contributed by atoms with Crippen LogP contribution in [-0.4, -0.2) is 15.6 Å². The Balaban J connectivity index is 3.58. The maximum absolute atomic E-state index is 3.56. The second-order valence-electron chi connectivity index (χ2n) is 16.0. The maximum Gasteiger partial charge on any atom is 0.0198 e. The molecule has 0 aliphatic heterocycles. The van der Waals surface area contributed by atoms with Crippen LogP contribution in [0.5, 0.6) is 0 Å². The Morgan fingerprint density at radius 2 is 0.644 bits per heavy atom. The molecule has 4 atom stereocenters. The molecule has 0 heterocycles.